The molecule has 3 rings (SSSR count). The van der Waals surface area contributed by atoms with Crippen molar-refractivity contribution >= 4 is 17.5 Å². The number of amides is 2. The van der Waals surface area contributed by atoms with Crippen molar-refractivity contribution in [2.24, 2.45) is 0 Å². The molecule has 2 amide bonds. The van der Waals surface area contributed by atoms with E-state index in [0.717, 1.165) is 29.8 Å². The van der Waals surface area contributed by atoms with Crippen LogP contribution in [0.5, 0.6) is 0 Å². The highest BCUT2D eigenvalue weighted by Crippen LogP contribution is 2.14. The fourth-order valence-corrected chi connectivity index (χ4v) is 3.80. The van der Waals surface area contributed by atoms with Crippen LogP contribution >= 0.6 is 0 Å². The summed E-state index contributed by atoms with van der Waals surface area (Å²) >= 11 is 0. The molecule has 2 aromatic carbocycles. The Morgan fingerprint density at radius 2 is 1.36 bits per heavy atom. The highest BCUT2D eigenvalue weighted by atomic mass is 16.5. The summed E-state index contributed by atoms with van der Waals surface area (Å²) in [6.07, 6.45) is 1.54. The Balaban J connectivity index is 1.08. The van der Waals surface area contributed by atoms with E-state index in [2.05, 4.69) is 48.1 Å². The highest BCUT2D eigenvalue weighted by molar-refractivity contribution is 5.76. The van der Waals surface area contributed by atoms with Crippen LogP contribution in [0.2, 0.25) is 0 Å². The third kappa shape index (κ3) is 13.1. The van der Waals surface area contributed by atoms with Gasteiger partial charge in [0.15, 0.2) is 5.82 Å². The third-order valence-electron chi connectivity index (χ3n) is 6.16. The lowest BCUT2D eigenvalue weighted by Gasteiger charge is -2.18. The summed E-state index contributed by atoms with van der Waals surface area (Å²) in [4.78, 5) is 26.2. The molecule has 0 spiro atoms. The molecular weight excluding hydrogens is 538 g/mol. The van der Waals surface area contributed by atoms with Gasteiger partial charge in [-0.2, -0.15) is 0 Å². The number of benzene rings is 2. The summed E-state index contributed by atoms with van der Waals surface area (Å²) in [7, 11) is 2.03. The van der Waals surface area contributed by atoms with Crippen LogP contribution in [-0.2, 0) is 30.3 Å². The second-order valence-electron chi connectivity index (χ2n) is 9.54. The molecule has 0 unspecified atom stereocenters. The Kier molecular flexibility index (Phi) is 14.8. The van der Waals surface area contributed by atoms with E-state index < -0.39 is 0 Å². The number of rotatable bonds is 20. The van der Waals surface area contributed by atoms with Gasteiger partial charge in [0.2, 0.25) is 17.6 Å². The number of aryl methyl sites for hydroxylation is 1. The molecule has 0 aliphatic carbocycles. The number of para-hydroxylation sites is 1. The first-order chi connectivity index (χ1) is 20.5. The largest absolute Gasteiger partial charge is 0.379 e. The Morgan fingerprint density at radius 1 is 0.738 bits per heavy atom. The standard InChI is InChI=1S/C30H41N7O5/c1-24-33-35-30(36-34-24)26-12-10-25(11-13-26)23-32-29(39)14-17-40-19-21-42-22-20-41-18-15-31-28(38)9-6-16-37(2)27-7-4-3-5-8-27/h3-5,7-8,10-13H,6,9,14-23H2,1-2H3,(H,31,38)(H,32,39). The number of carbonyl (C=O) groups excluding carboxylic acids is 2. The normalized spacial score (nSPS) is 10.8. The minimum absolute atomic E-state index is 0.0288. The maximum atomic E-state index is 12.1. The fourth-order valence-electron chi connectivity index (χ4n) is 3.80. The zero-order valence-electron chi connectivity index (χ0n) is 24.5. The van der Waals surface area contributed by atoms with Crippen LogP contribution in [0.4, 0.5) is 5.69 Å². The highest BCUT2D eigenvalue weighted by Gasteiger charge is 2.06. The number of hydrogen-bond donors (Lipinski definition) is 2. The van der Waals surface area contributed by atoms with Gasteiger partial charge in [-0.1, -0.05) is 42.5 Å². The number of ether oxygens (including phenoxy) is 3. The Hall–Kier alpha value is -4.00. The Morgan fingerprint density at radius 3 is 2.05 bits per heavy atom. The van der Waals surface area contributed by atoms with E-state index in [1.54, 1.807) is 6.92 Å². The van der Waals surface area contributed by atoms with E-state index >= 15 is 0 Å². The average Bonchev–Trinajstić information content (AvgIpc) is 3.01. The number of aromatic nitrogens is 4. The molecule has 2 N–H and O–H groups in total. The maximum absolute atomic E-state index is 12.1. The number of anilines is 1. The van der Waals surface area contributed by atoms with Gasteiger partial charge in [-0.3, -0.25) is 9.59 Å². The van der Waals surface area contributed by atoms with Gasteiger partial charge in [-0.25, -0.2) is 0 Å². The SMILES string of the molecule is Cc1nnc(-c2ccc(CNC(=O)CCOCCOCCOCCNC(=O)CCCN(C)c3ccccc3)cc2)nn1. The van der Waals surface area contributed by atoms with Crippen molar-refractivity contribution in [3.05, 3.63) is 66.0 Å². The summed E-state index contributed by atoms with van der Waals surface area (Å²) in [5.74, 6) is 0.918. The molecule has 0 bridgehead atoms. The number of nitrogens with one attached hydrogen (secondary N) is 2. The first-order valence-electron chi connectivity index (χ1n) is 14.2. The second kappa shape index (κ2) is 19.2. The lowest BCUT2D eigenvalue weighted by Crippen LogP contribution is -2.28. The Labute approximate surface area is 247 Å². The molecule has 226 valence electrons. The van der Waals surface area contributed by atoms with Gasteiger partial charge in [0, 0.05) is 50.8 Å². The zero-order chi connectivity index (χ0) is 29.8. The summed E-state index contributed by atoms with van der Waals surface area (Å²) in [5.41, 5.74) is 2.91. The average molecular weight is 580 g/mol. The minimum Gasteiger partial charge on any atom is -0.379 e. The van der Waals surface area contributed by atoms with Crippen LogP contribution < -0.4 is 15.5 Å². The van der Waals surface area contributed by atoms with Gasteiger partial charge in [0.25, 0.3) is 0 Å². The van der Waals surface area contributed by atoms with Crippen molar-refractivity contribution in [2.45, 2.75) is 32.7 Å². The maximum Gasteiger partial charge on any atom is 0.222 e. The summed E-state index contributed by atoms with van der Waals surface area (Å²) in [6, 6.07) is 17.7. The molecule has 0 atom stereocenters. The molecule has 12 heteroatoms. The van der Waals surface area contributed by atoms with Crippen molar-refractivity contribution in [2.75, 3.05) is 64.7 Å². The first kappa shape index (κ1) is 32.5. The third-order valence-corrected chi connectivity index (χ3v) is 6.16. The molecule has 0 aliphatic heterocycles. The molecule has 0 saturated heterocycles. The first-order valence-corrected chi connectivity index (χ1v) is 14.2. The molecule has 0 radical (unpaired) electrons. The summed E-state index contributed by atoms with van der Waals surface area (Å²) in [6.45, 7) is 5.89. The van der Waals surface area contributed by atoms with Crippen LogP contribution in [0.1, 0.15) is 30.7 Å². The van der Waals surface area contributed by atoms with Crippen LogP contribution in [-0.4, -0.2) is 92.0 Å². The predicted octanol–water partition coefficient (Wildman–Crippen LogP) is 2.33. The van der Waals surface area contributed by atoms with Crippen LogP contribution in [0, 0.1) is 6.92 Å². The van der Waals surface area contributed by atoms with Gasteiger partial charge < -0.3 is 29.7 Å². The van der Waals surface area contributed by atoms with Crippen molar-refractivity contribution < 1.29 is 23.8 Å². The molecule has 42 heavy (non-hydrogen) atoms. The van der Waals surface area contributed by atoms with E-state index in [1.807, 2.05) is 49.5 Å². The van der Waals surface area contributed by atoms with Gasteiger partial charge in [-0.15, -0.1) is 20.4 Å². The quantitative estimate of drug-likeness (QED) is 0.192. The van der Waals surface area contributed by atoms with Crippen molar-refractivity contribution in [1.82, 2.24) is 31.0 Å². The zero-order valence-corrected chi connectivity index (χ0v) is 24.5. The molecule has 0 saturated carbocycles. The van der Waals surface area contributed by atoms with Crippen molar-refractivity contribution in [3.63, 3.8) is 0 Å². The van der Waals surface area contributed by atoms with E-state index in [9.17, 15) is 9.59 Å². The minimum atomic E-state index is -0.0877. The topological polar surface area (TPSA) is 141 Å². The molecule has 0 aliphatic rings. The lowest BCUT2D eigenvalue weighted by molar-refractivity contribution is -0.123. The molecule has 12 nitrogen and oxygen atoms in total. The van der Waals surface area contributed by atoms with Crippen LogP contribution in [0.25, 0.3) is 11.4 Å². The van der Waals surface area contributed by atoms with E-state index in [-0.39, 0.29) is 18.2 Å². The molecule has 1 aromatic heterocycles. The second-order valence-corrected chi connectivity index (χ2v) is 9.54. The summed E-state index contributed by atoms with van der Waals surface area (Å²) < 4.78 is 16.4. The number of nitrogens with zero attached hydrogens (tertiary/aromatic N) is 5. The monoisotopic (exact) mass is 579 g/mol. The van der Waals surface area contributed by atoms with Crippen molar-refractivity contribution in [1.29, 1.82) is 0 Å². The summed E-state index contributed by atoms with van der Waals surface area (Å²) in [5, 5.41) is 21.6. The van der Waals surface area contributed by atoms with Gasteiger partial charge in [-0.05, 0) is 31.0 Å². The van der Waals surface area contributed by atoms with Gasteiger partial charge >= 0.3 is 0 Å². The molecular formula is C30H41N7O5. The predicted molar refractivity (Wildman–Crippen MR) is 159 cm³/mol. The van der Waals surface area contributed by atoms with E-state index in [4.69, 9.17) is 14.2 Å². The molecule has 1 heterocycles. The molecule has 0 fully saturated rings. The number of carbonyl (C=O) groups is 2. The van der Waals surface area contributed by atoms with E-state index in [1.165, 1.54) is 0 Å². The smallest absolute Gasteiger partial charge is 0.222 e. The lowest BCUT2D eigenvalue weighted by atomic mass is 10.1. The van der Waals surface area contributed by atoms with Crippen LogP contribution in [0.15, 0.2) is 54.6 Å². The van der Waals surface area contributed by atoms with E-state index in [0.29, 0.717) is 70.8 Å². The fraction of sp³-hybridized carbons (Fsp3) is 0.467. The van der Waals surface area contributed by atoms with Crippen LogP contribution in [0.3, 0.4) is 0 Å². The number of hydrogen-bond acceptors (Lipinski definition) is 10. The van der Waals surface area contributed by atoms with Crippen molar-refractivity contribution in [3.8, 4) is 11.4 Å². The Bertz CT molecular complexity index is 1180. The molecule has 3 aromatic rings. The van der Waals surface area contributed by atoms with Gasteiger partial charge in [0.05, 0.1) is 39.6 Å². The van der Waals surface area contributed by atoms with Gasteiger partial charge in [0.1, 0.15) is 0 Å².